The first-order valence-electron chi connectivity index (χ1n) is 9.23. The highest BCUT2D eigenvalue weighted by Crippen LogP contribution is 2.37. The van der Waals surface area contributed by atoms with Crippen molar-refractivity contribution < 1.29 is 17.9 Å². The van der Waals surface area contributed by atoms with Crippen LogP contribution in [0, 0.1) is 0 Å². The maximum atomic E-state index is 12.8. The quantitative estimate of drug-likeness (QED) is 0.656. The van der Waals surface area contributed by atoms with Crippen molar-refractivity contribution in [2.75, 3.05) is 6.54 Å². The lowest BCUT2D eigenvalue weighted by molar-refractivity contribution is -0.137. The molecule has 0 saturated heterocycles. The van der Waals surface area contributed by atoms with Gasteiger partial charge in [-0.2, -0.15) is 13.2 Å². The van der Waals surface area contributed by atoms with E-state index in [2.05, 4.69) is 27.3 Å². The predicted molar refractivity (Wildman–Crippen MR) is 99.2 cm³/mol. The second-order valence-electron chi connectivity index (χ2n) is 7.16. The minimum atomic E-state index is -4.36. The van der Waals surface area contributed by atoms with Gasteiger partial charge in [-0.25, -0.2) is 4.68 Å². The fourth-order valence-corrected chi connectivity index (χ4v) is 3.78. The first kappa shape index (κ1) is 17.8. The lowest BCUT2D eigenvalue weighted by Gasteiger charge is -2.24. The zero-order chi connectivity index (χ0) is 20.0. The first-order valence-corrected chi connectivity index (χ1v) is 9.23. The van der Waals surface area contributed by atoms with Gasteiger partial charge in [0, 0.05) is 24.9 Å². The summed E-state index contributed by atoms with van der Waals surface area (Å²) in [6.45, 7) is 1.75. The molecule has 0 aliphatic carbocycles. The van der Waals surface area contributed by atoms with Gasteiger partial charge in [-0.05, 0) is 17.7 Å². The number of aromatic nitrogens is 3. The number of hydrogen-bond acceptors (Lipinski definition) is 4. The van der Waals surface area contributed by atoms with Crippen LogP contribution in [0.1, 0.15) is 22.9 Å². The molecular weight excluding hydrogens is 381 g/mol. The average Bonchev–Trinajstić information content (AvgIpc) is 3.31. The summed E-state index contributed by atoms with van der Waals surface area (Å²) in [5.41, 5.74) is 2.44. The van der Waals surface area contributed by atoms with E-state index in [0.29, 0.717) is 17.8 Å². The lowest BCUT2D eigenvalue weighted by Crippen LogP contribution is -2.26. The van der Waals surface area contributed by atoms with Crippen LogP contribution in [0.25, 0.3) is 11.3 Å². The Kier molecular flexibility index (Phi) is 4.08. The topological polar surface area (TPSA) is 43.2 Å². The number of halogens is 3. The van der Waals surface area contributed by atoms with Crippen molar-refractivity contribution in [3.8, 4) is 11.3 Å². The van der Waals surface area contributed by atoms with Gasteiger partial charge in [-0.3, -0.25) is 0 Å². The molecule has 0 unspecified atom stereocenters. The molecule has 5 nitrogen and oxygen atoms in total. The minimum absolute atomic E-state index is 0.0850. The summed E-state index contributed by atoms with van der Waals surface area (Å²) in [7, 11) is 0. The maximum Gasteiger partial charge on any atom is 0.416 e. The van der Waals surface area contributed by atoms with E-state index in [1.165, 1.54) is 17.7 Å². The molecule has 0 radical (unpaired) electrons. The van der Waals surface area contributed by atoms with Crippen LogP contribution in [-0.2, 0) is 24.1 Å². The van der Waals surface area contributed by atoms with E-state index in [1.54, 1.807) is 0 Å². The van der Waals surface area contributed by atoms with Crippen LogP contribution < -0.4 is 0 Å². The molecule has 0 bridgehead atoms. The molecule has 0 spiro atoms. The average molecular weight is 398 g/mol. The van der Waals surface area contributed by atoms with E-state index in [-0.39, 0.29) is 12.6 Å². The Morgan fingerprint density at radius 2 is 1.79 bits per heavy atom. The molecule has 2 aliphatic rings. The highest BCUT2D eigenvalue weighted by Gasteiger charge is 2.36. The van der Waals surface area contributed by atoms with Crippen LogP contribution in [0.5, 0.6) is 0 Å². The lowest BCUT2D eigenvalue weighted by atomic mass is 10.1. The van der Waals surface area contributed by atoms with Crippen LogP contribution in [-0.4, -0.2) is 26.4 Å². The molecule has 3 aromatic rings. The van der Waals surface area contributed by atoms with E-state index in [0.717, 1.165) is 30.1 Å². The molecule has 3 heterocycles. The summed E-state index contributed by atoms with van der Waals surface area (Å²) < 4.78 is 46.2. The zero-order valence-electron chi connectivity index (χ0n) is 15.3. The molecule has 8 heteroatoms. The summed E-state index contributed by atoms with van der Waals surface area (Å²) in [6.07, 6.45) is -2.36. The monoisotopic (exact) mass is 398 g/mol. The fourth-order valence-electron chi connectivity index (χ4n) is 3.78. The molecule has 148 valence electrons. The zero-order valence-corrected chi connectivity index (χ0v) is 15.3. The second-order valence-corrected chi connectivity index (χ2v) is 7.16. The van der Waals surface area contributed by atoms with E-state index < -0.39 is 11.7 Å². The number of ether oxygens (including phenoxy) is 1. The van der Waals surface area contributed by atoms with Gasteiger partial charge < -0.3 is 9.64 Å². The molecule has 0 N–H and O–H groups in total. The van der Waals surface area contributed by atoms with Crippen LogP contribution in [0.4, 0.5) is 13.2 Å². The van der Waals surface area contributed by atoms with Crippen molar-refractivity contribution in [1.29, 1.82) is 0 Å². The van der Waals surface area contributed by atoms with Gasteiger partial charge in [-0.1, -0.05) is 47.7 Å². The van der Waals surface area contributed by atoms with Gasteiger partial charge >= 0.3 is 6.18 Å². The third-order valence-corrected chi connectivity index (χ3v) is 5.22. The number of benzene rings is 2. The van der Waals surface area contributed by atoms with Gasteiger partial charge in [0.25, 0.3) is 0 Å². The summed E-state index contributed by atoms with van der Waals surface area (Å²) in [6, 6.07) is 15.0. The summed E-state index contributed by atoms with van der Waals surface area (Å²) in [5, 5.41) is 8.52. The third-order valence-electron chi connectivity index (χ3n) is 5.22. The molecule has 1 aromatic heterocycles. The van der Waals surface area contributed by atoms with Gasteiger partial charge in [-0.15, -0.1) is 5.10 Å². The Bertz CT molecular complexity index is 1060. The second kappa shape index (κ2) is 6.65. The normalized spacial score (nSPS) is 18.1. The number of hydrogen-bond donors (Lipinski definition) is 0. The van der Waals surface area contributed by atoms with Crippen molar-refractivity contribution in [2.45, 2.75) is 25.4 Å². The molecule has 0 fully saturated rings. The van der Waals surface area contributed by atoms with Crippen LogP contribution in [0.15, 0.2) is 66.6 Å². The van der Waals surface area contributed by atoms with Crippen LogP contribution in [0.2, 0.25) is 0 Å². The Hall–Kier alpha value is -3.29. The third kappa shape index (κ3) is 3.24. The Balaban J connectivity index is 1.39. The van der Waals surface area contributed by atoms with Crippen molar-refractivity contribution in [3.05, 3.63) is 83.4 Å². The summed E-state index contributed by atoms with van der Waals surface area (Å²) >= 11 is 0. The highest BCUT2D eigenvalue weighted by atomic mass is 19.4. The van der Waals surface area contributed by atoms with Gasteiger partial charge in [0.1, 0.15) is 29.8 Å². The van der Waals surface area contributed by atoms with Crippen molar-refractivity contribution in [2.24, 2.45) is 0 Å². The van der Waals surface area contributed by atoms with Gasteiger partial charge in [0.2, 0.25) is 0 Å². The van der Waals surface area contributed by atoms with E-state index >= 15 is 0 Å². The first-order chi connectivity index (χ1) is 14.0. The number of rotatable bonds is 3. The van der Waals surface area contributed by atoms with Crippen molar-refractivity contribution in [1.82, 2.24) is 19.9 Å². The molecule has 2 aromatic carbocycles. The number of nitrogens with zero attached hydrogens (tertiary/aromatic N) is 4. The van der Waals surface area contributed by atoms with Crippen molar-refractivity contribution >= 4 is 0 Å². The molecule has 1 atom stereocenters. The number of fused-ring (bicyclic) bond motifs is 3. The Morgan fingerprint density at radius 1 is 1.03 bits per heavy atom. The molecule has 0 saturated carbocycles. The molecule has 0 amide bonds. The highest BCUT2D eigenvalue weighted by molar-refractivity contribution is 5.62. The Morgan fingerprint density at radius 3 is 2.52 bits per heavy atom. The fraction of sp³-hybridized carbons (Fsp3) is 0.238. The smallest absolute Gasteiger partial charge is 0.416 e. The largest absolute Gasteiger partial charge is 0.488 e. The van der Waals surface area contributed by atoms with E-state index in [9.17, 15) is 13.2 Å². The molecule has 5 rings (SSSR count). The van der Waals surface area contributed by atoms with E-state index in [4.69, 9.17) is 4.74 Å². The SMILES string of the molecule is FC(F)(F)c1ccc(-c2nnn3c2COC2=CN(Cc4ccccc4)C[C@H]23)cc1. The van der Waals surface area contributed by atoms with E-state index in [1.807, 2.05) is 29.1 Å². The van der Waals surface area contributed by atoms with Gasteiger partial charge in [0.05, 0.1) is 5.56 Å². The molecular formula is C21H17F3N4O. The predicted octanol–water partition coefficient (Wildman–Crippen LogP) is 4.39. The van der Waals surface area contributed by atoms with Gasteiger partial charge in [0.15, 0.2) is 0 Å². The Labute approximate surface area is 165 Å². The molecule has 29 heavy (non-hydrogen) atoms. The van der Waals surface area contributed by atoms with Crippen molar-refractivity contribution in [3.63, 3.8) is 0 Å². The maximum absolute atomic E-state index is 12.8. The van der Waals surface area contributed by atoms with Crippen LogP contribution >= 0.6 is 0 Å². The summed E-state index contributed by atoms with van der Waals surface area (Å²) in [4.78, 5) is 2.17. The standard InChI is InChI=1S/C21H17F3N4O/c22-21(23,24)16-8-6-15(7-9-16)20-18-13-29-19-12-27(10-14-4-2-1-3-5-14)11-17(19)28(18)26-25-20/h1-9,12,17H,10-11,13H2/t17-/m1/s1. The minimum Gasteiger partial charge on any atom is -0.488 e. The summed E-state index contributed by atoms with van der Waals surface area (Å²) in [5.74, 6) is 0.831. The number of alkyl halides is 3. The molecule has 2 aliphatic heterocycles. The van der Waals surface area contributed by atoms with Crippen LogP contribution in [0.3, 0.4) is 0 Å².